The zero-order valence-corrected chi connectivity index (χ0v) is 22.6. The molecule has 8 nitrogen and oxygen atoms in total. The Morgan fingerprint density at radius 3 is 2.61 bits per heavy atom. The maximum absolute atomic E-state index is 14.8. The fraction of sp³-hybridized carbons (Fsp3) is 0.440. The van der Waals surface area contributed by atoms with Crippen LogP contribution in [0.2, 0.25) is 5.02 Å². The van der Waals surface area contributed by atoms with Gasteiger partial charge in [0, 0.05) is 15.5 Å². The Hall–Kier alpha value is -2.82. The third-order valence-corrected chi connectivity index (χ3v) is 6.99. The summed E-state index contributed by atoms with van der Waals surface area (Å²) >= 11 is 7.56. The SMILES string of the molecule is Cc1sc(C(C)Nc2ncc(F)c(N3C(=O)OC[C@@H]3[C@@H](C)OC(C)(C)C)n2)nc1-c1ccc(Cl)cc1. The molecule has 11 heteroatoms. The van der Waals surface area contributed by atoms with Crippen LogP contribution in [0.25, 0.3) is 11.3 Å². The molecule has 1 saturated heterocycles. The lowest BCUT2D eigenvalue weighted by Crippen LogP contribution is -2.45. The van der Waals surface area contributed by atoms with Gasteiger partial charge in [0.15, 0.2) is 11.6 Å². The highest BCUT2D eigenvalue weighted by atomic mass is 35.5. The molecule has 0 bridgehead atoms. The Balaban J connectivity index is 1.56. The van der Waals surface area contributed by atoms with Gasteiger partial charge in [-0.25, -0.2) is 24.1 Å². The van der Waals surface area contributed by atoms with Crippen molar-refractivity contribution in [3.05, 3.63) is 51.2 Å². The van der Waals surface area contributed by atoms with E-state index in [-0.39, 0.29) is 24.4 Å². The van der Waals surface area contributed by atoms with Crippen molar-refractivity contribution in [2.45, 2.75) is 65.3 Å². The van der Waals surface area contributed by atoms with E-state index in [0.29, 0.717) is 5.02 Å². The Kier molecular flexibility index (Phi) is 7.49. The van der Waals surface area contributed by atoms with Crippen LogP contribution in [0.4, 0.5) is 21.0 Å². The number of thiazole rings is 1. The molecule has 0 saturated carbocycles. The van der Waals surface area contributed by atoms with Gasteiger partial charge in [0.25, 0.3) is 0 Å². The van der Waals surface area contributed by atoms with Crippen LogP contribution >= 0.6 is 22.9 Å². The van der Waals surface area contributed by atoms with E-state index in [2.05, 4.69) is 15.3 Å². The van der Waals surface area contributed by atoms with Gasteiger partial charge >= 0.3 is 6.09 Å². The predicted molar refractivity (Wildman–Crippen MR) is 139 cm³/mol. The molecule has 36 heavy (non-hydrogen) atoms. The third-order valence-electron chi connectivity index (χ3n) is 5.59. The normalized spacial score (nSPS) is 17.7. The number of nitrogens with zero attached hydrogens (tertiary/aromatic N) is 4. The molecule has 1 fully saturated rings. The van der Waals surface area contributed by atoms with E-state index in [4.69, 9.17) is 26.1 Å². The number of anilines is 2. The zero-order chi connectivity index (χ0) is 26.2. The second-order valence-electron chi connectivity index (χ2n) is 9.64. The van der Waals surface area contributed by atoms with Gasteiger partial charge in [-0.3, -0.25) is 0 Å². The first-order valence-corrected chi connectivity index (χ1v) is 12.8. The largest absolute Gasteiger partial charge is 0.447 e. The molecule has 1 aliphatic rings. The molecule has 1 N–H and O–H groups in total. The number of rotatable bonds is 7. The summed E-state index contributed by atoms with van der Waals surface area (Å²) in [6, 6.07) is 6.71. The van der Waals surface area contributed by atoms with Crippen molar-refractivity contribution in [2.24, 2.45) is 0 Å². The Labute approximate surface area is 218 Å². The smallest absolute Gasteiger partial charge is 0.416 e. The number of hydrogen-bond acceptors (Lipinski definition) is 8. The van der Waals surface area contributed by atoms with Gasteiger partial charge in [-0.1, -0.05) is 23.7 Å². The lowest BCUT2D eigenvalue weighted by Gasteiger charge is -2.31. The Bertz CT molecular complexity index is 1250. The highest BCUT2D eigenvalue weighted by Gasteiger charge is 2.42. The number of aromatic nitrogens is 3. The van der Waals surface area contributed by atoms with Crippen LogP contribution in [-0.4, -0.2) is 45.4 Å². The predicted octanol–water partition coefficient (Wildman–Crippen LogP) is 6.40. The van der Waals surface area contributed by atoms with Crippen LogP contribution < -0.4 is 10.2 Å². The maximum atomic E-state index is 14.8. The van der Waals surface area contributed by atoms with Crippen molar-refractivity contribution in [3.63, 3.8) is 0 Å². The van der Waals surface area contributed by atoms with Crippen molar-refractivity contribution in [1.29, 1.82) is 0 Å². The molecular formula is C25H29ClFN5O3S. The second kappa shape index (κ2) is 10.3. The summed E-state index contributed by atoms with van der Waals surface area (Å²) in [4.78, 5) is 28.0. The van der Waals surface area contributed by atoms with Crippen LogP contribution in [-0.2, 0) is 9.47 Å². The summed E-state index contributed by atoms with van der Waals surface area (Å²) in [5.74, 6) is -0.716. The minimum atomic E-state index is -0.727. The first kappa shape index (κ1) is 26.2. The number of aryl methyl sites for hydroxylation is 1. The number of carbonyl (C=O) groups is 1. The molecule has 1 unspecified atom stereocenters. The van der Waals surface area contributed by atoms with Crippen molar-refractivity contribution >= 4 is 40.8 Å². The quantitative estimate of drug-likeness (QED) is 0.375. The van der Waals surface area contributed by atoms with Crippen LogP contribution in [0, 0.1) is 12.7 Å². The average molecular weight is 534 g/mol. The topological polar surface area (TPSA) is 89.5 Å². The number of amides is 1. The van der Waals surface area contributed by atoms with E-state index in [1.807, 2.05) is 65.8 Å². The van der Waals surface area contributed by atoms with Gasteiger partial charge in [0.05, 0.1) is 29.6 Å². The van der Waals surface area contributed by atoms with Crippen molar-refractivity contribution in [1.82, 2.24) is 15.0 Å². The van der Waals surface area contributed by atoms with E-state index in [9.17, 15) is 9.18 Å². The summed E-state index contributed by atoms with van der Waals surface area (Å²) in [5, 5.41) is 4.65. The van der Waals surface area contributed by atoms with Gasteiger partial charge in [0.2, 0.25) is 5.95 Å². The lowest BCUT2D eigenvalue weighted by molar-refractivity contribution is -0.0618. The molecule has 3 heterocycles. The molecule has 2 aromatic heterocycles. The highest BCUT2D eigenvalue weighted by molar-refractivity contribution is 7.12. The fourth-order valence-electron chi connectivity index (χ4n) is 3.99. The van der Waals surface area contributed by atoms with Crippen molar-refractivity contribution in [2.75, 3.05) is 16.8 Å². The molecule has 0 aliphatic carbocycles. The Morgan fingerprint density at radius 1 is 1.25 bits per heavy atom. The number of hydrogen-bond donors (Lipinski definition) is 1. The summed E-state index contributed by atoms with van der Waals surface area (Å²) in [6.07, 6.45) is -0.0449. The average Bonchev–Trinajstić information content (AvgIpc) is 3.37. The number of halogens is 2. The van der Waals surface area contributed by atoms with Crippen LogP contribution in [0.3, 0.4) is 0 Å². The monoisotopic (exact) mass is 533 g/mol. The molecule has 0 radical (unpaired) electrons. The Morgan fingerprint density at radius 2 is 1.94 bits per heavy atom. The molecule has 192 valence electrons. The van der Waals surface area contributed by atoms with Gasteiger partial charge in [0.1, 0.15) is 17.7 Å². The fourth-order valence-corrected chi connectivity index (χ4v) is 5.06. The van der Waals surface area contributed by atoms with Gasteiger partial charge in [-0.05, 0) is 53.7 Å². The molecule has 4 rings (SSSR count). The highest BCUT2D eigenvalue weighted by Crippen LogP contribution is 2.33. The van der Waals surface area contributed by atoms with Crippen LogP contribution in [0.15, 0.2) is 30.5 Å². The van der Waals surface area contributed by atoms with Gasteiger partial charge < -0.3 is 14.8 Å². The summed E-state index contributed by atoms with van der Waals surface area (Å²) in [5.41, 5.74) is 1.40. The molecule has 1 aliphatic heterocycles. The molecule has 1 amide bonds. The minimum Gasteiger partial charge on any atom is -0.447 e. The van der Waals surface area contributed by atoms with Crippen molar-refractivity contribution in [3.8, 4) is 11.3 Å². The molecule has 3 atom stereocenters. The van der Waals surface area contributed by atoms with Crippen LogP contribution in [0.5, 0.6) is 0 Å². The van der Waals surface area contributed by atoms with E-state index in [1.165, 1.54) is 4.90 Å². The zero-order valence-electron chi connectivity index (χ0n) is 21.0. The second-order valence-corrected chi connectivity index (χ2v) is 11.3. The van der Waals surface area contributed by atoms with E-state index in [1.54, 1.807) is 11.3 Å². The minimum absolute atomic E-state index is 0.0740. The van der Waals surface area contributed by atoms with E-state index >= 15 is 0 Å². The van der Waals surface area contributed by atoms with Crippen LogP contribution in [0.1, 0.15) is 50.5 Å². The summed E-state index contributed by atoms with van der Waals surface area (Å²) in [6.45, 7) is 11.6. The molecule has 3 aromatic rings. The first-order chi connectivity index (χ1) is 16.9. The van der Waals surface area contributed by atoms with E-state index < -0.39 is 29.7 Å². The van der Waals surface area contributed by atoms with Gasteiger partial charge in [-0.15, -0.1) is 11.3 Å². The first-order valence-electron chi connectivity index (χ1n) is 11.6. The number of carbonyl (C=O) groups excluding carboxylic acids is 1. The number of cyclic esters (lactones) is 1. The standard InChI is InChI=1S/C25H29ClFN5O3S/c1-13(22-30-20(15(3)36-22)16-7-9-17(26)10-8-16)29-23-28-11-18(27)21(31-23)32-19(12-34-24(32)33)14(2)35-25(4,5)6/h7-11,13-14,19H,12H2,1-6H3,(H,28,29,31)/t13?,14-,19-/m1/s1. The summed E-state index contributed by atoms with van der Waals surface area (Å²) in [7, 11) is 0. The third kappa shape index (κ3) is 5.77. The van der Waals surface area contributed by atoms with E-state index in [0.717, 1.165) is 27.3 Å². The van der Waals surface area contributed by atoms with Crippen molar-refractivity contribution < 1.29 is 18.7 Å². The number of ether oxygens (including phenoxy) is 2. The molecule has 1 aromatic carbocycles. The maximum Gasteiger partial charge on any atom is 0.416 e. The molecule has 0 spiro atoms. The lowest BCUT2D eigenvalue weighted by atomic mass is 10.1. The summed E-state index contributed by atoms with van der Waals surface area (Å²) < 4.78 is 26.1. The molecular weight excluding hydrogens is 505 g/mol. The van der Waals surface area contributed by atoms with Gasteiger partial charge in [-0.2, -0.15) is 4.98 Å². The number of nitrogens with one attached hydrogen (secondary N) is 1. The number of benzene rings is 1.